The molecule has 3 amide bonds. The summed E-state index contributed by atoms with van der Waals surface area (Å²) in [5.41, 5.74) is 1.70. The Morgan fingerprint density at radius 2 is 1.26 bits per heavy atom. The highest BCUT2D eigenvalue weighted by Gasteiger charge is 2.19. The molecule has 0 saturated carbocycles. The number of amides is 3. The molecule has 184 valence electrons. The van der Waals surface area contributed by atoms with Crippen LogP contribution in [0.1, 0.15) is 56.8 Å². The number of likely N-dealkylation sites (tertiary alicyclic amines) is 1. The molecule has 0 radical (unpaired) electrons. The van der Waals surface area contributed by atoms with E-state index in [1.54, 1.807) is 36.4 Å². The van der Waals surface area contributed by atoms with Crippen LogP contribution in [-0.4, -0.2) is 49.7 Å². The molecule has 2 aromatic rings. The Hall–Kier alpha value is -3.42. The molecule has 1 heterocycles. The van der Waals surface area contributed by atoms with Crippen molar-refractivity contribution in [2.45, 2.75) is 46.5 Å². The maximum absolute atomic E-state index is 13.0. The largest absolute Gasteiger partial charge is 0.490 e. The van der Waals surface area contributed by atoms with Crippen LogP contribution in [0.25, 0.3) is 0 Å². The standard InChI is InChI=1S/C26H35N3O5/c1-4-32-22-17-19(18-23(33-5-2)24(22)34-6-3)25(30)27-20-11-13-21(14-12-20)28-26(31)29-15-9-7-8-10-16-29/h11-14,17-18H,4-10,15-16H2,1-3H3,(H,27,30)(H,28,31). The molecule has 0 aromatic heterocycles. The van der Waals surface area contributed by atoms with Crippen molar-refractivity contribution < 1.29 is 23.8 Å². The van der Waals surface area contributed by atoms with Gasteiger partial charge in [-0.3, -0.25) is 4.79 Å². The molecule has 0 unspecified atom stereocenters. The van der Waals surface area contributed by atoms with Crippen molar-refractivity contribution >= 4 is 23.3 Å². The molecule has 8 nitrogen and oxygen atoms in total. The number of hydrogen-bond acceptors (Lipinski definition) is 5. The number of benzene rings is 2. The van der Waals surface area contributed by atoms with E-state index in [-0.39, 0.29) is 11.9 Å². The Bertz CT molecular complexity index is 926. The van der Waals surface area contributed by atoms with E-state index in [0.717, 1.165) is 25.9 Å². The third kappa shape index (κ3) is 6.79. The smallest absolute Gasteiger partial charge is 0.321 e. The lowest BCUT2D eigenvalue weighted by molar-refractivity contribution is 0.102. The minimum atomic E-state index is -0.300. The van der Waals surface area contributed by atoms with Crippen LogP contribution >= 0.6 is 0 Å². The van der Waals surface area contributed by atoms with Gasteiger partial charge in [-0.1, -0.05) is 12.8 Å². The lowest BCUT2D eigenvalue weighted by atomic mass is 10.1. The number of carbonyl (C=O) groups is 2. The van der Waals surface area contributed by atoms with Crippen molar-refractivity contribution in [1.29, 1.82) is 0 Å². The summed E-state index contributed by atoms with van der Waals surface area (Å²) in [6.45, 7) is 8.51. The van der Waals surface area contributed by atoms with Crippen LogP contribution < -0.4 is 24.8 Å². The van der Waals surface area contributed by atoms with Gasteiger partial charge >= 0.3 is 6.03 Å². The summed E-state index contributed by atoms with van der Waals surface area (Å²) in [6, 6.07) is 10.3. The van der Waals surface area contributed by atoms with Gasteiger partial charge in [-0.25, -0.2) is 4.79 Å². The van der Waals surface area contributed by atoms with Gasteiger partial charge in [-0.2, -0.15) is 0 Å². The minimum absolute atomic E-state index is 0.0834. The fourth-order valence-electron chi connectivity index (χ4n) is 3.84. The van der Waals surface area contributed by atoms with Gasteiger partial charge in [0, 0.05) is 30.0 Å². The molecule has 0 spiro atoms. The van der Waals surface area contributed by atoms with Crippen LogP contribution in [-0.2, 0) is 0 Å². The predicted molar refractivity (Wildman–Crippen MR) is 133 cm³/mol. The van der Waals surface area contributed by atoms with Gasteiger partial charge in [0.1, 0.15) is 0 Å². The molecule has 1 fully saturated rings. The molecule has 1 aliphatic rings. The summed E-state index contributed by atoms with van der Waals surface area (Å²) in [7, 11) is 0. The van der Waals surface area contributed by atoms with Gasteiger partial charge in [-0.05, 0) is 70.0 Å². The quantitative estimate of drug-likeness (QED) is 0.503. The van der Waals surface area contributed by atoms with E-state index in [9.17, 15) is 9.59 Å². The topological polar surface area (TPSA) is 89.1 Å². The van der Waals surface area contributed by atoms with Crippen molar-refractivity contribution in [3.63, 3.8) is 0 Å². The summed E-state index contributed by atoms with van der Waals surface area (Å²) in [5.74, 6) is 1.12. The first-order chi connectivity index (χ1) is 16.5. The molecule has 0 atom stereocenters. The van der Waals surface area contributed by atoms with Crippen molar-refractivity contribution in [1.82, 2.24) is 4.90 Å². The second-order valence-corrected chi connectivity index (χ2v) is 7.96. The molecule has 2 N–H and O–H groups in total. The highest BCUT2D eigenvalue weighted by molar-refractivity contribution is 6.05. The van der Waals surface area contributed by atoms with Gasteiger partial charge in [-0.15, -0.1) is 0 Å². The zero-order valence-electron chi connectivity index (χ0n) is 20.3. The molecule has 2 aromatic carbocycles. The number of nitrogens with one attached hydrogen (secondary N) is 2. The van der Waals surface area contributed by atoms with Crippen LogP contribution in [0.15, 0.2) is 36.4 Å². The zero-order valence-corrected chi connectivity index (χ0v) is 20.3. The molecular weight excluding hydrogens is 434 g/mol. The number of carbonyl (C=O) groups excluding carboxylic acids is 2. The Balaban J connectivity index is 1.69. The second kappa shape index (κ2) is 12.7. The Kier molecular flexibility index (Phi) is 9.43. The number of ether oxygens (including phenoxy) is 3. The third-order valence-corrected chi connectivity index (χ3v) is 5.46. The number of hydrogen-bond donors (Lipinski definition) is 2. The number of nitrogens with zero attached hydrogens (tertiary/aromatic N) is 1. The van der Waals surface area contributed by atoms with Crippen LogP contribution in [0.2, 0.25) is 0 Å². The zero-order chi connectivity index (χ0) is 24.3. The summed E-state index contributed by atoms with van der Waals surface area (Å²) in [5, 5.41) is 5.83. The monoisotopic (exact) mass is 469 g/mol. The summed E-state index contributed by atoms with van der Waals surface area (Å²) in [6.07, 6.45) is 4.43. The molecule has 1 aliphatic heterocycles. The van der Waals surface area contributed by atoms with E-state index in [2.05, 4.69) is 10.6 Å². The Labute approximate surface area is 201 Å². The Morgan fingerprint density at radius 3 is 1.76 bits per heavy atom. The van der Waals surface area contributed by atoms with Gasteiger partial charge in [0.2, 0.25) is 5.75 Å². The lowest BCUT2D eigenvalue weighted by Crippen LogP contribution is -2.35. The number of rotatable bonds is 9. The van der Waals surface area contributed by atoms with Gasteiger partial charge < -0.3 is 29.7 Å². The fraction of sp³-hybridized carbons (Fsp3) is 0.462. The average Bonchev–Trinajstić information content (AvgIpc) is 3.12. The highest BCUT2D eigenvalue weighted by Crippen LogP contribution is 2.39. The molecule has 8 heteroatoms. The summed E-state index contributed by atoms with van der Waals surface area (Å²) < 4.78 is 17.1. The van der Waals surface area contributed by atoms with Crippen molar-refractivity contribution in [3.8, 4) is 17.2 Å². The maximum atomic E-state index is 13.0. The number of anilines is 2. The Morgan fingerprint density at radius 1 is 0.765 bits per heavy atom. The van der Waals surface area contributed by atoms with E-state index in [0.29, 0.717) is 54.0 Å². The molecular formula is C26H35N3O5. The van der Waals surface area contributed by atoms with Crippen molar-refractivity contribution in [3.05, 3.63) is 42.0 Å². The van der Waals surface area contributed by atoms with Crippen LogP contribution in [0.5, 0.6) is 17.2 Å². The van der Waals surface area contributed by atoms with Crippen molar-refractivity contribution in [2.75, 3.05) is 43.5 Å². The van der Waals surface area contributed by atoms with Crippen LogP contribution in [0.4, 0.5) is 16.2 Å². The fourth-order valence-corrected chi connectivity index (χ4v) is 3.84. The highest BCUT2D eigenvalue weighted by atomic mass is 16.5. The normalized spacial score (nSPS) is 13.6. The SMILES string of the molecule is CCOc1cc(C(=O)Nc2ccc(NC(=O)N3CCCCCC3)cc2)cc(OCC)c1OCC. The number of urea groups is 1. The first-order valence-electron chi connectivity index (χ1n) is 12.1. The first kappa shape index (κ1) is 25.2. The second-order valence-electron chi connectivity index (χ2n) is 7.96. The maximum Gasteiger partial charge on any atom is 0.321 e. The third-order valence-electron chi connectivity index (χ3n) is 5.46. The van der Waals surface area contributed by atoms with E-state index in [4.69, 9.17) is 14.2 Å². The minimum Gasteiger partial charge on any atom is -0.490 e. The van der Waals surface area contributed by atoms with E-state index in [1.165, 1.54) is 12.8 Å². The van der Waals surface area contributed by atoms with Crippen LogP contribution in [0, 0.1) is 0 Å². The molecule has 0 aliphatic carbocycles. The van der Waals surface area contributed by atoms with Gasteiger partial charge in [0.05, 0.1) is 19.8 Å². The first-order valence-corrected chi connectivity index (χ1v) is 12.1. The summed E-state index contributed by atoms with van der Waals surface area (Å²) in [4.78, 5) is 27.3. The molecule has 0 bridgehead atoms. The molecule has 34 heavy (non-hydrogen) atoms. The van der Waals surface area contributed by atoms with Gasteiger partial charge in [0.15, 0.2) is 11.5 Å². The lowest BCUT2D eigenvalue weighted by Gasteiger charge is -2.20. The van der Waals surface area contributed by atoms with E-state index in [1.807, 2.05) is 25.7 Å². The van der Waals surface area contributed by atoms with E-state index >= 15 is 0 Å². The molecule has 3 rings (SSSR count). The summed E-state index contributed by atoms with van der Waals surface area (Å²) >= 11 is 0. The predicted octanol–water partition coefficient (Wildman–Crippen LogP) is 5.54. The van der Waals surface area contributed by atoms with Crippen LogP contribution in [0.3, 0.4) is 0 Å². The molecule has 1 saturated heterocycles. The average molecular weight is 470 g/mol. The van der Waals surface area contributed by atoms with E-state index < -0.39 is 0 Å². The van der Waals surface area contributed by atoms with Crippen molar-refractivity contribution in [2.24, 2.45) is 0 Å². The van der Waals surface area contributed by atoms with Gasteiger partial charge in [0.25, 0.3) is 5.91 Å².